The number of nitrogens with zero attached hydrogens (tertiary/aromatic N) is 4. The summed E-state index contributed by atoms with van der Waals surface area (Å²) in [7, 11) is 0. The maximum Gasteiger partial charge on any atom is 0.421 e. The molecule has 2 fully saturated rings. The molecule has 0 aliphatic heterocycles. The summed E-state index contributed by atoms with van der Waals surface area (Å²) in [5.41, 5.74) is 0.287. The highest BCUT2D eigenvalue weighted by Gasteiger charge is 2.38. The predicted molar refractivity (Wildman–Crippen MR) is 91.8 cm³/mol. The quantitative estimate of drug-likeness (QED) is 0.664. The van der Waals surface area contributed by atoms with Gasteiger partial charge in [-0.25, -0.2) is 13.8 Å². The topological polar surface area (TPSA) is 67.7 Å². The first-order valence-electron chi connectivity index (χ1n) is 9.04. The summed E-state index contributed by atoms with van der Waals surface area (Å²) in [5.74, 6) is 0.0625. The van der Waals surface area contributed by atoms with E-state index in [1.54, 1.807) is 0 Å². The molecule has 28 heavy (non-hydrogen) atoms. The van der Waals surface area contributed by atoms with Crippen LogP contribution in [-0.2, 0) is 6.18 Å². The molecule has 152 valence electrons. The molecule has 2 atom stereocenters. The second-order valence-corrected chi connectivity index (χ2v) is 7.31. The summed E-state index contributed by atoms with van der Waals surface area (Å²) in [6.45, 7) is 1.18. The van der Waals surface area contributed by atoms with E-state index in [0.717, 1.165) is 25.0 Å². The zero-order chi connectivity index (χ0) is 20.1. The third-order valence-corrected chi connectivity index (χ3v) is 4.90. The van der Waals surface area contributed by atoms with Crippen molar-refractivity contribution in [3.05, 3.63) is 23.7 Å². The van der Waals surface area contributed by atoms with Gasteiger partial charge in [0.05, 0.1) is 24.0 Å². The molecular formula is C17H19F5N6. The number of rotatable bonds is 7. The van der Waals surface area contributed by atoms with E-state index in [2.05, 4.69) is 32.6 Å². The van der Waals surface area contributed by atoms with E-state index < -0.39 is 30.5 Å². The Morgan fingerprint density at radius 3 is 2.57 bits per heavy atom. The summed E-state index contributed by atoms with van der Waals surface area (Å²) in [5, 5.41) is 9.59. The first-order valence-corrected chi connectivity index (χ1v) is 9.04. The molecule has 0 radical (unpaired) electrons. The van der Waals surface area contributed by atoms with Gasteiger partial charge < -0.3 is 10.6 Å². The molecule has 2 aromatic rings. The summed E-state index contributed by atoms with van der Waals surface area (Å²) >= 11 is 0. The molecule has 0 unspecified atom stereocenters. The Bertz CT molecular complexity index is 860. The second kappa shape index (κ2) is 6.85. The van der Waals surface area contributed by atoms with Crippen LogP contribution in [0.25, 0.3) is 0 Å². The summed E-state index contributed by atoms with van der Waals surface area (Å²) in [4.78, 5) is 7.52. The van der Waals surface area contributed by atoms with Crippen LogP contribution in [-0.4, -0.2) is 32.7 Å². The highest BCUT2D eigenvalue weighted by molar-refractivity contribution is 5.59. The predicted octanol–water partition coefficient (Wildman–Crippen LogP) is 4.57. The molecule has 4 rings (SSSR count). The SMILES string of the molecule is C[C@@H]1C[C@@H]1n1cc(Nc2ncc(C(F)(F)F)c(NCC(F)F)n2)c(C2CC2)n1. The lowest BCUT2D eigenvalue weighted by Crippen LogP contribution is -2.18. The van der Waals surface area contributed by atoms with Crippen LogP contribution in [0.3, 0.4) is 0 Å². The number of nitrogens with one attached hydrogen (secondary N) is 2. The van der Waals surface area contributed by atoms with Gasteiger partial charge in [-0.05, 0) is 25.2 Å². The fourth-order valence-electron chi connectivity index (χ4n) is 3.08. The number of halogens is 5. The molecule has 2 N–H and O–H groups in total. The third-order valence-electron chi connectivity index (χ3n) is 4.90. The highest BCUT2D eigenvalue weighted by Crippen LogP contribution is 2.47. The molecule has 0 spiro atoms. The van der Waals surface area contributed by atoms with Gasteiger partial charge in [-0.15, -0.1) is 0 Å². The highest BCUT2D eigenvalue weighted by atomic mass is 19.4. The third kappa shape index (κ3) is 4.02. The van der Waals surface area contributed by atoms with Gasteiger partial charge >= 0.3 is 6.18 Å². The fraction of sp³-hybridized carbons (Fsp3) is 0.588. The lowest BCUT2D eigenvalue weighted by molar-refractivity contribution is -0.137. The molecule has 11 heteroatoms. The molecule has 0 bridgehead atoms. The lowest BCUT2D eigenvalue weighted by atomic mass is 10.2. The van der Waals surface area contributed by atoms with Gasteiger partial charge in [-0.1, -0.05) is 6.92 Å². The number of alkyl halides is 5. The molecular weight excluding hydrogens is 383 g/mol. The first kappa shape index (κ1) is 18.9. The van der Waals surface area contributed by atoms with Crippen molar-refractivity contribution < 1.29 is 22.0 Å². The average molecular weight is 402 g/mol. The molecule has 2 aliphatic rings. The number of anilines is 3. The van der Waals surface area contributed by atoms with Crippen LogP contribution < -0.4 is 10.6 Å². The van der Waals surface area contributed by atoms with Crippen LogP contribution in [0.4, 0.5) is 39.4 Å². The minimum Gasteiger partial charge on any atom is -0.364 e. The van der Waals surface area contributed by atoms with Crippen LogP contribution in [0.1, 0.15) is 49.4 Å². The number of aromatic nitrogens is 4. The average Bonchev–Trinajstić information content (AvgIpc) is 3.53. The largest absolute Gasteiger partial charge is 0.421 e. The van der Waals surface area contributed by atoms with E-state index in [9.17, 15) is 22.0 Å². The number of hydrogen-bond donors (Lipinski definition) is 2. The van der Waals surface area contributed by atoms with Gasteiger partial charge in [0.2, 0.25) is 5.95 Å². The Hall–Kier alpha value is -2.46. The van der Waals surface area contributed by atoms with Crippen LogP contribution in [0, 0.1) is 5.92 Å². The normalized spacial score (nSPS) is 21.8. The van der Waals surface area contributed by atoms with Gasteiger partial charge in [0, 0.05) is 18.3 Å². The summed E-state index contributed by atoms with van der Waals surface area (Å²) in [6, 6.07) is 0.324. The molecule has 0 saturated heterocycles. The van der Waals surface area contributed by atoms with Crippen molar-refractivity contribution in [2.24, 2.45) is 5.92 Å². The van der Waals surface area contributed by atoms with Gasteiger partial charge in [0.1, 0.15) is 11.4 Å². The van der Waals surface area contributed by atoms with E-state index in [1.165, 1.54) is 0 Å². The maximum atomic E-state index is 13.1. The Labute approximate surface area is 157 Å². The monoisotopic (exact) mass is 402 g/mol. The molecule has 2 aromatic heterocycles. The second-order valence-electron chi connectivity index (χ2n) is 7.31. The van der Waals surface area contributed by atoms with E-state index in [1.807, 2.05) is 10.9 Å². The maximum absolute atomic E-state index is 13.1. The Kier molecular flexibility index (Phi) is 4.62. The minimum absolute atomic E-state index is 0.102. The Balaban J connectivity index is 1.61. The van der Waals surface area contributed by atoms with Gasteiger partial charge in [0.15, 0.2) is 0 Å². The van der Waals surface area contributed by atoms with Gasteiger partial charge in [0.25, 0.3) is 6.43 Å². The zero-order valence-corrected chi connectivity index (χ0v) is 15.0. The molecule has 6 nitrogen and oxygen atoms in total. The van der Waals surface area contributed by atoms with E-state index in [4.69, 9.17) is 0 Å². The van der Waals surface area contributed by atoms with Crippen molar-refractivity contribution in [1.29, 1.82) is 0 Å². The fourth-order valence-corrected chi connectivity index (χ4v) is 3.08. The van der Waals surface area contributed by atoms with Crippen LogP contribution in [0.5, 0.6) is 0 Å². The zero-order valence-electron chi connectivity index (χ0n) is 15.0. The summed E-state index contributed by atoms with van der Waals surface area (Å²) in [6.07, 6.45) is -2.13. The molecule has 2 aliphatic carbocycles. The molecule has 0 amide bonds. The molecule has 2 saturated carbocycles. The standard InChI is InChI=1S/C17H19F5N6/c1-8-4-12(8)28-7-11(14(27-28)9-2-3-9)25-16-24-5-10(17(20,21)22)15(26-16)23-6-13(18)19/h5,7-9,12-13H,2-4,6H2,1H3,(H2,23,24,25,26)/t8-,12+/m1/s1. The van der Waals surface area contributed by atoms with Crippen LogP contribution >= 0.6 is 0 Å². The van der Waals surface area contributed by atoms with Crippen molar-refractivity contribution in [2.45, 2.75) is 50.7 Å². The Morgan fingerprint density at radius 2 is 2.00 bits per heavy atom. The van der Waals surface area contributed by atoms with Crippen molar-refractivity contribution >= 4 is 17.5 Å². The van der Waals surface area contributed by atoms with Crippen molar-refractivity contribution in [3.63, 3.8) is 0 Å². The van der Waals surface area contributed by atoms with E-state index in [-0.39, 0.29) is 5.95 Å². The summed E-state index contributed by atoms with van der Waals surface area (Å²) < 4.78 is 66.1. The van der Waals surface area contributed by atoms with Crippen molar-refractivity contribution in [1.82, 2.24) is 19.7 Å². The van der Waals surface area contributed by atoms with Gasteiger partial charge in [-0.3, -0.25) is 4.68 Å². The molecule has 2 heterocycles. The minimum atomic E-state index is -4.75. The van der Waals surface area contributed by atoms with Crippen molar-refractivity contribution in [2.75, 3.05) is 17.2 Å². The first-order chi connectivity index (χ1) is 13.2. The lowest BCUT2D eigenvalue weighted by Gasteiger charge is -2.14. The van der Waals surface area contributed by atoms with Crippen molar-refractivity contribution in [3.8, 4) is 0 Å². The van der Waals surface area contributed by atoms with E-state index in [0.29, 0.717) is 29.8 Å². The Morgan fingerprint density at radius 1 is 1.29 bits per heavy atom. The van der Waals surface area contributed by atoms with E-state index >= 15 is 0 Å². The number of hydrogen-bond acceptors (Lipinski definition) is 5. The smallest absolute Gasteiger partial charge is 0.364 e. The molecule has 0 aromatic carbocycles. The van der Waals surface area contributed by atoms with Crippen LogP contribution in [0.2, 0.25) is 0 Å². The van der Waals surface area contributed by atoms with Crippen LogP contribution in [0.15, 0.2) is 12.4 Å². The van der Waals surface area contributed by atoms with Gasteiger partial charge in [-0.2, -0.15) is 23.3 Å².